The highest BCUT2D eigenvalue weighted by Gasteiger charge is 2.41. The van der Waals surface area contributed by atoms with Gasteiger partial charge in [0.2, 0.25) is 5.69 Å². The van der Waals surface area contributed by atoms with Gasteiger partial charge in [-0.15, -0.1) is 0 Å². The zero-order valence-electron chi connectivity index (χ0n) is 9.06. The van der Waals surface area contributed by atoms with Crippen molar-refractivity contribution in [2.45, 2.75) is 26.2 Å². The summed E-state index contributed by atoms with van der Waals surface area (Å²) in [6.45, 7) is 6.65. The quantitative estimate of drug-likeness (QED) is 0.576. The second kappa shape index (κ2) is 2.83. The molecule has 0 saturated carbocycles. The lowest BCUT2D eigenvalue weighted by Crippen LogP contribution is -2.25. The van der Waals surface area contributed by atoms with Gasteiger partial charge in [-0.3, -0.25) is 0 Å². The Kier molecular flexibility index (Phi) is 1.97. The van der Waals surface area contributed by atoms with Gasteiger partial charge in [-0.1, -0.05) is 11.6 Å². The molecule has 2 rings (SSSR count). The fourth-order valence-corrected chi connectivity index (χ4v) is 2.27. The van der Waals surface area contributed by atoms with Crippen LogP contribution >= 0.6 is 11.6 Å². The fourth-order valence-electron chi connectivity index (χ4n) is 2.10. The van der Waals surface area contributed by atoms with E-state index in [-0.39, 0.29) is 5.41 Å². The maximum absolute atomic E-state index is 6.02. The van der Waals surface area contributed by atoms with Crippen LogP contribution in [-0.4, -0.2) is 17.3 Å². The minimum Gasteiger partial charge on any atom is -0.202 e. The van der Waals surface area contributed by atoms with Crippen molar-refractivity contribution in [2.75, 3.05) is 7.05 Å². The Morgan fingerprint density at radius 2 is 1.93 bits per heavy atom. The molecule has 0 radical (unpaired) electrons. The highest BCUT2D eigenvalue weighted by molar-refractivity contribution is 6.30. The molecule has 0 amide bonds. The Morgan fingerprint density at radius 1 is 1.29 bits per heavy atom. The number of hydrogen-bond acceptors (Lipinski definition) is 0. The van der Waals surface area contributed by atoms with Crippen molar-refractivity contribution in [3.8, 4) is 0 Å². The lowest BCUT2D eigenvalue weighted by atomic mass is 9.82. The predicted octanol–water partition coefficient (Wildman–Crippen LogP) is 3.37. The molecule has 1 aliphatic rings. The summed E-state index contributed by atoms with van der Waals surface area (Å²) in [5.74, 6) is 0. The molecule has 0 atom stereocenters. The molecular formula is C12H15ClN+. The molecule has 1 nitrogen and oxygen atoms in total. The summed E-state index contributed by atoms with van der Waals surface area (Å²) in [7, 11) is 2.11. The third-order valence-corrected chi connectivity index (χ3v) is 3.64. The van der Waals surface area contributed by atoms with Crippen LogP contribution in [0.3, 0.4) is 0 Å². The van der Waals surface area contributed by atoms with Crippen molar-refractivity contribution in [3.05, 3.63) is 28.8 Å². The summed E-state index contributed by atoms with van der Waals surface area (Å²) in [4.78, 5) is 0. The first kappa shape index (κ1) is 9.72. The van der Waals surface area contributed by atoms with Gasteiger partial charge in [-0.25, -0.2) is 4.58 Å². The average molecular weight is 209 g/mol. The number of rotatable bonds is 0. The van der Waals surface area contributed by atoms with Crippen LogP contribution in [0.2, 0.25) is 5.02 Å². The molecule has 14 heavy (non-hydrogen) atoms. The summed E-state index contributed by atoms with van der Waals surface area (Å²) in [6, 6.07) is 6.12. The maximum atomic E-state index is 6.02. The number of nitrogens with zero attached hydrogens (tertiary/aromatic N) is 1. The molecule has 0 aromatic heterocycles. The summed E-state index contributed by atoms with van der Waals surface area (Å²) in [5, 5.41) is 0.819. The lowest BCUT2D eigenvalue weighted by Gasteiger charge is -2.14. The van der Waals surface area contributed by atoms with Crippen molar-refractivity contribution in [1.29, 1.82) is 0 Å². The summed E-state index contributed by atoms with van der Waals surface area (Å²) >= 11 is 6.02. The van der Waals surface area contributed by atoms with E-state index in [0.29, 0.717) is 0 Å². The minimum absolute atomic E-state index is 0.106. The molecule has 1 heterocycles. The second-order valence-electron chi connectivity index (χ2n) is 4.43. The van der Waals surface area contributed by atoms with Gasteiger partial charge in [-0.05, 0) is 26.0 Å². The first-order valence-corrected chi connectivity index (χ1v) is 5.20. The zero-order chi connectivity index (χ0) is 10.5. The molecule has 0 fully saturated rings. The predicted molar refractivity (Wildman–Crippen MR) is 61.0 cm³/mol. The average Bonchev–Trinajstić information content (AvgIpc) is 2.29. The van der Waals surface area contributed by atoms with Gasteiger partial charge in [0, 0.05) is 23.6 Å². The number of fused-ring (bicyclic) bond motifs is 1. The topological polar surface area (TPSA) is 3.01 Å². The highest BCUT2D eigenvalue weighted by atomic mass is 35.5. The third kappa shape index (κ3) is 1.12. The summed E-state index contributed by atoms with van der Waals surface area (Å²) < 4.78 is 2.24. The van der Waals surface area contributed by atoms with Crippen LogP contribution in [-0.2, 0) is 5.41 Å². The summed E-state index contributed by atoms with van der Waals surface area (Å²) in [6.07, 6.45) is 0. The van der Waals surface area contributed by atoms with Gasteiger partial charge in [0.25, 0.3) is 0 Å². The Hall–Kier alpha value is -0.820. The molecule has 0 N–H and O–H groups in total. The van der Waals surface area contributed by atoms with Gasteiger partial charge in [0.15, 0.2) is 5.71 Å². The smallest absolute Gasteiger partial charge is 0.202 e. The third-order valence-electron chi connectivity index (χ3n) is 3.40. The molecular weight excluding hydrogens is 194 g/mol. The number of hydrogen-bond donors (Lipinski definition) is 0. The normalized spacial score (nSPS) is 18.6. The van der Waals surface area contributed by atoms with Gasteiger partial charge in [0.1, 0.15) is 7.05 Å². The molecule has 0 spiro atoms. The monoisotopic (exact) mass is 208 g/mol. The standard InChI is InChI=1S/C12H15ClN/c1-8-12(2,3)10-7-9(13)5-6-11(10)14(8)4/h5-7H,1-4H3/q+1. The zero-order valence-corrected chi connectivity index (χ0v) is 9.81. The molecule has 74 valence electrons. The Labute approximate surface area is 90.0 Å². The largest absolute Gasteiger partial charge is 0.209 e. The van der Waals surface area contributed by atoms with Crippen molar-refractivity contribution >= 4 is 23.0 Å². The van der Waals surface area contributed by atoms with Crippen LogP contribution in [0.25, 0.3) is 0 Å². The molecule has 0 saturated heterocycles. The number of halogens is 1. The Bertz CT molecular complexity index is 430. The van der Waals surface area contributed by atoms with E-state index in [2.05, 4.69) is 44.5 Å². The van der Waals surface area contributed by atoms with E-state index in [1.54, 1.807) is 0 Å². The van der Waals surface area contributed by atoms with Gasteiger partial charge in [0.05, 0.1) is 5.41 Å². The molecule has 1 aliphatic heterocycles. The minimum atomic E-state index is 0.106. The van der Waals surface area contributed by atoms with E-state index < -0.39 is 0 Å². The van der Waals surface area contributed by atoms with Gasteiger partial charge >= 0.3 is 0 Å². The molecule has 0 unspecified atom stereocenters. The summed E-state index contributed by atoms with van der Waals surface area (Å²) in [5.41, 5.74) is 4.08. The van der Waals surface area contributed by atoms with E-state index in [0.717, 1.165) is 5.02 Å². The van der Waals surface area contributed by atoms with Crippen molar-refractivity contribution in [1.82, 2.24) is 0 Å². The molecule has 2 heteroatoms. The van der Waals surface area contributed by atoms with Crippen LogP contribution in [0.5, 0.6) is 0 Å². The van der Waals surface area contributed by atoms with Crippen LogP contribution in [0.15, 0.2) is 18.2 Å². The van der Waals surface area contributed by atoms with E-state index in [9.17, 15) is 0 Å². The molecule has 0 bridgehead atoms. The maximum Gasteiger partial charge on any atom is 0.209 e. The van der Waals surface area contributed by atoms with Crippen LogP contribution in [0.4, 0.5) is 5.69 Å². The fraction of sp³-hybridized carbons (Fsp3) is 0.417. The second-order valence-corrected chi connectivity index (χ2v) is 4.87. The van der Waals surface area contributed by atoms with E-state index in [1.165, 1.54) is 17.0 Å². The first-order chi connectivity index (χ1) is 6.44. The van der Waals surface area contributed by atoms with Crippen LogP contribution in [0.1, 0.15) is 26.3 Å². The SMILES string of the molecule is CC1=[N+](C)c2ccc(Cl)cc2C1(C)C. The van der Waals surface area contributed by atoms with Crippen molar-refractivity contribution < 1.29 is 4.58 Å². The highest BCUT2D eigenvalue weighted by Crippen LogP contribution is 2.39. The first-order valence-electron chi connectivity index (χ1n) is 4.82. The molecule has 1 aromatic rings. The molecule has 1 aromatic carbocycles. The van der Waals surface area contributed by atoms with Crippen molar-refractivity contribution in [3.63, 3.8) is 0 Å². The van der Waals surface area contributed by atoms with E-state index in [4.69, 9.17) is 11.6 Å². The number of benzene rings is 1. The molecule has 0 aliphatic carbocycles. The van der Waals surface area contributed by atoms with E-state index in [1.807, 2.05) is 6.07 Å². The Balaban J connectivity index is 2.73. The van der Waals surface area contributed by atoms with Crippen molar-refractivity contribution in [2.24, 2.45) is 0 Å². The van der Waals surface area contributed by atoms with E-state index >= 15 is 0 Å². The van der Waals surface area contributed by atoms with Gasteiger partial charge in [-0.2, -0.15) is 0 Å². The Morgan fingerprint density at radius 3 is 2.57 bits per heavy atom. The van der Waals surface area contributed by atoms with Crippen LogP contribution in [0, 0.1) is 0 Å². The van der Waals surface area contributed by atoms with Gasteiger partial charge < -0.3 is 0 Å². The van der Waals surface area contributed by atoms with Crippen LogP contribution < -0.4 is 0 Å². The lowest BCUT2D eigenvalue weighted by molar-refractivity contribution is -0.403.